The van der Waals surface area contributed by atoms with Crippen LogP contribution < -0.4 is 0 Å². The van der Waals surface area contributed by atoms with Gasteiger partial charge in [-0.15, -0.1) is 0 Å². The summed E-state index contributed by atoms with van der Waals surface area (Å²) in [6.45, 7) is 2.99. The number of hydrogen-bond acceptors (Lipinski definition) is 4. The highest BCUT2D eigenvalue weighted by Gasteiger charge is 2.35. The molecule has 0 aromatic heterocycles. The van der Waals surface area contributed by atoms with E-state index in [0.717, 1.165) is 11.6 Å². The molecule has 2 aromatic carbocycles. The first-order valence-electron chi connectivity index (χ1n) is 9.53. The number of halogens is 3. The first-order valence-corrected chi connectivity index (χ1v) is 9.53. The van der Waals surface area contributed by atoms with Crippen molar-refractivity contribution in [2.75, 3.05) is 0 Å². The van der Waals surface area contributed by atoms with Crippen LogP contribution in [0.15, 0.2) is 41.6 Å². The number of nitrogens with zero attached hydrogens (tertiary/aromatic N) is 1. The largest absolute Gasteiger partial charge is 0.478 e. The van der Waals surface area contributed by atoms with Crippen molar-refractivity contribution in [3.63, 3.8) is 0 Å². The standard InChI is InChI=1S/C22H22F3NO5/c1-3-13-6-5-7-14(18(13)12-31-26-19(4-2)22(23,24)25)10-15-8-9-16(20(27)28)11-17(15)21(29)30/h5-9,11H,3-4,10,12H2,1-2H3,(H,27,28)(H,29,30). The molecule has 0 aliphatic heterocycles. The monoisotopic (exact) mass is 437 g/mol. The average molecular weight is 437 g/mol. The lowest BCUT2D eigenvalue weighted by Gasteiger charge is -2.15. The third-order valence-electron chi connectivity index (χ3n) is 4.76. The molecular weight excluding hydrogens is 415 g/mol. The number of oxime groups is 1. The smallest absolute Gasteiger partial charge is 0.432 e. The van der Waals surface area contributed by atoms with E-state index >= 15 is 0 Å². The Labute approximate surface area is 177 Å². The summed E-state index contributed by atoms with van der Waals surface area (Å²) in [7, 11) is 0. The molecule has 0 aliphatic rings. The molecule has 2 rings (SSSR count). The van der Waals surface area contributed by atoms with Crippen LogP contribution in [-0.4, -0.2) is 34.0 Å². The molecule has 0 bridgehead atoms. The van der Waals surface area contributed by atoms with E-state index in [4.69, 9.17) is 9.94 Å². The lowest BCUT2D eigenvalue weighted by Crippen LogP contribution is -2.22. The van der Waals surface area contributed by atoms with Crippen molar-refractivity contribution in [3.05, 3.63) is 69.8 Å². The number of aromatic carboxylic acids is 2. The molecular formula is C22H22F3NO5. The highest BCUT2D eigenvalue weighted by molar-refractivity contribution is 5.95. The van der Waals surface area contributed by atoms with E-state index < -0.39 is 23.8 Å². The van der Waals surface area contributed by atoms with Gasteiger partial charge in [-0.2, -0.15) is 13.2 Å². The predicted octanol–water partition coefficient (Wildman–Crippen LogP) is 5.08. The fraction of sp³-hybridized carbons (Fsp3) is 0.318. The summed E-state index contributed by atoms with van der Waals surface area (Å²) in [5.74, 6) is -2.52. The van der Waals surface area contributed by atoms with Gasteiger partial charge in [-0.25, -0.2) is 9.59 Å². The average Bonchev–Trinajstić information content (AvgIpc) is 2.70. The highest BCUT2D eigenvalue weighted by atomic mass is 19.4. The highest BCUT2D eigenvalue weighted by Crippen LogP contribution is 2.24. The molecule has 0 radical (unpaired) electrons. The van der Waals surface area contributed by atoms with Gasteiger partial charge in [-0.1, -0.05) is 43.3 Å². The van der Waals surface area contributed by atoms with Gasteiger partial charge in [0, 0.05) is 0 Å². The molecule has 0 heterocycles. The molecule has 0 fully saturated rings. The zero-order valence-corrected chi connectivity index (χ0v) is 17.0. The van der Waals surface area contributed by atoms with Gasteiger partial charge >= 0.3 is 18.1 Å². The Balaban J connectivity index is 2.40. The molecule has 2 aromatic rings. The zero-order valence-electron chi connectivity index (χ0n) is 17.0. The number of carbonyl (C=O) groups is 2. The van der Waals surface area contributed by atoms with Crippen LogP contribution >= 0.6 is 0 Å². The van der Waals surface area contributed by atoms with Crippen molar-refractivity contribution in [2.45, 2.75) is 45.9 Å². The summed E-state index contributed by atoms with van der Waals surface area (Å²) in [6.07, 6.45) is -4.19. The van der Waals surface area contributed by atoms with Crippen molar-refractivity contribution in [3.8, 4) is 0 Å². The Morgan fingerprint density at radius 2 is 1.68 bits per heavy atom. The molecule has 0 unspecified atom stereocenters. The van der Waals surface area contributed by atoms with E-state index in [0.29, 0.717) is 23.1 Å². The van der Waals surface area contributed by atoms with Crippen molar-refractivity contribution in [2.24, 2.45) is 5.16 Å². The van der Waals surface area contributed by atoms with Gasteiger partial charge in [-0.05, 0) is 53.6 Å². The van der Waals surface area contributed by atoms with E-state index in [1.54, 1.807) is 12.1 Å². The molecule has 0 amide bonds. The van der Waals surface area contributed by atoms with Gasteiger partial charge in [0.1, 0.15) is 6.61 Å². The minimum absolute atomic E-state index is 0.137. The molecule has 9 heteroatoms. The van der Waals surface area contributed by atoms with Crippen LogP contribution in [0.25, 0.3) is 0 Å². The van der Waals surface area contributed by atoms with Crippen molar-refractivity contribution in [1.29, 1.82) is 0 Å². The molecule has 0 aliphatic carbocycles. The lowest BCUT2D eigenvalue weighted by molar-refractivity contribution is -0.0642. The second kappa shape index (κ2) is 10.1. The summed E-state index contributed by atoms with van der Waals surface area (Å²) in [6, 6.07) is 9.12. The topological polar surface area (TPSA) is 96.2 Å². The molecule has 166 valence electrons. The maximum atomic E-state index is 12.9. The molecule has 0 saturated carbocycles. The first kappa shape index (κ1) is 23.9. The van der Waals surface area contributed by atoms with E-state index in [1.807, 2.05) is 13.0 Å². The summed E-state index contributed by atoms with van der Waals surface area (Å²) in [4.78, 5) is 27.8. The van der Waals surface area contributed by atoms with Crippen molar-refractivity contribution in [1.82, 2.24) is 0 Å². The Morgan fingerprint density at radius 1 is 1.00 bits per heavy atom. The fourth-order valence-corrected chi connectivity index (χ4v) is 3.13. The Kier molecular flexibility index (Phi) is 7.79. The molecule has 2 N–H and O–H groups in total. The number of rotatable bonds is 9. The number of carboxylic acids is 2. The normalized spacial score (nSPS) is 12.0. The van der Waals surface area contributed by atoms with Crippen LogP contribution in [0.5, 0.6) is 0 Å². The Morgan fingerprint density at radius 3 is 2.23 bits per heavy atom. The lowest BCUT2D eigenvalue weighted by atomic mass is 9.92. The maximum Gasteiger partial charge on any atom is 0.432 e. The van der Waals surface area contributed by atoms with Gasteiger partial charge in [-0.3, -0.25) is 0 Å². The molecule has 6 nitrogen and oxygen atoms in total. The van der Waals surface area contributed by atoms with E-state index in [9.17, 15) is 27.9 Å². The maximum absolute atomic E-state index is 12.9. The second-order valence-corrected chi connectivity index (χ2v) is 6.73. The number of hydrogen-bond donors (Lipinski definition) is 2. The Hall–Kier alpha value is -3.36. The van der Waals surface area contributed by atoms with Gasteiger partial charge in [0.15, 0.2) is 5.71 Å². The molecule has 0 atom stereocenters. The number of carboxylic acid groups (broad SMARTS) is 2. The van der Waals surface area contributed by atoms with Crippen LogP contribution in [0.4, 0.5) is 13.2 Å². The van der Waals surface area contributed by atoms with E-state index in [-0.39, 0.29) is 30.6 Å². The molecule has 0 spiro atoms. The fourth-order valence-electron chi connectivity index (χ4n) is 3.13. The third kappa shape index (κ3) is 6.07. The van der Waals surface area contributed by atoms with Crippen LogP contribution in [0, 0.1) is 0 Å². The van der Waals surface area contributed by atoms with Crippen LogP contribution in [0.1, 0.15) is 63.2 Å². The second-order valence-electron chi connectivity index (χ2n) is 6.73. The number of benzene rings is 2. The van der Waals surface area contributed by atoms with Crippen LogP contribution in [-0.2, 0) is 24.3 Å². The number of aryl methyl sites for hydroxylation is 1. The summed E-state index contributed by atoms with van der Waals surface area (Å²) in [5, 5.41) is 21.8. The van der Waals surface area contributed by atoms with E-state index in [1.165, 1.54) is 19.1 Å². The van der Waals surface area contributed by atoms with Gasteiger partial charge in [0.25, 0.3) is 0 Å². The first-order chi connectivity index (χ1) is 14.6. The Bertz CT molecular complexity index is 999. The summed E-state index contributed by atoms with van der Waals surface area (Å²) >= 11 is 0. The quantitative estimate of drug-likeness (QED) is 0.421. The summed E-state index contributed by atoms with van der Waals surface area (Å²) in [5.41, 5.74) is 1.14. The number of alkyl halides is 3. The zero-order chi connectivity index (χ0) is 23.2. The minimum atomic E-state index is -4.58. The summed E-state index contributed by atoms with van der Waals surface area (Å²) < 4.78 is 38.6. The van der Waals surface area contributed by atoms with Crippen molar-refractivity contribution < 1.29 is 37.8 Å². The van der Waals surface area contributed by atoms with Gasteiger partial charge < -0.3 is 15.1 Å². The molecule has 0 saturated heterocycles. The van der Waals surface area contributed by atoms with Crippen LogP contribution in [0.2, 0.25) is 0 Å². The van der Waals surface area contributed by atoms with Crippen LogP contribution in [0.3, 0.4) is 0 Å². The van der Waals surface area contributed by atoms with E-state index in [2.05, 4.69) is 5.16 Å². The van der Waals surface area contributed by atoms with Gasteiger partial charge in [0.05, 0.1) is 11.1 Å². The SMILES string of the molecule is CCC(=NOCc1c(CC)cccc1Cc1ccc(C(=O)O)cc1C(=O)O)C(F)(F)F. The third-order valence-corrected chi connectivity index (χ3v) is 4.76. The predicted molar refractivity (Wildman–Crippen MR) is 108 cm³/mol. The molecule has 31 heavy (non-hydrogen) atoms. The minimum Gasteiger partial charge on any atom is -0.478 e. The van der Waals surface area contributed by atoms with Crippen molar-refractivity contribution >= 4 is 17.7 Å². The van der Waals surface area contributed by atoms with Gasteiger partial charge in [0.2, 0.25) is 0 Å².